The molecular weight excluding hydrogens is 258 g/mol. The zero-order valence-electron chi connectivity index (χ0n) is 11.5. The average Bonchev–Trinajstić information content (AvgIpc) is 2.50. The van der Waals surface area contributed by atoms with Crippen molar-refractivity contribution in [2.45, 2.75) is 52.7 Å². The predicted molar refractivity (Wildman–Crippen MR) is 66.2 cm³/mol. The number of nitrogens with zero attached hydrogens (tertiary/aromatic N) is 1. The summed E-state index contributed by atoms with van der Waals surface area (Å²) in [5, 5.41) is 0. The van der Waals surface area contributed by atoms with Gasteiger partial charge in [-0.05, 0) is 26.7 Å². The van der Waals surface area contributed by atoms with Crippen LogP contribution in [0.3, 0.4) is 0 Å². The molecular formula is C11H21NO5S. The van der Waals surface area contributed by atoms with Crippen LogP contribution >= 0.6 is 0 Å². The van der Waals surface area contributed by atoms with Gasteiger partial charge < -0.3 is 4.74 Å². The Labute approximate surface area is 109 Å². The first-order valence-corrected chi connectivity index (χ1v) is 7.36. The van der Waals surface area contributed by atoms with Gasteiger partial charge in [-0.15, -0.1) is 0 Å². The lowest BCUT2D eigenvalue weighted by atomic mass is 10.0. The van der Waals surface area contributed by atoms with E-state index in [-0.39, 0.29) is 12.5 Å². The van der Waals surface area contributed by atoms with E-state index in [4.69, 9.17) is 8.92 Å². The summed E-state index contributed by atoms with van der Waals surface area (Å²) in [5.74, 6) is 0.0230. The molecule has 0 aromatic heterocycles. The van der Waals surface area contributed by atoms with E-state index in [1.807, 2.05) is 13.8 Å². The number of hydrogen-bond acceptors (Lipinski definition) is 5. The summed E-state index contributed by atoms with van der Waals surface area (Å²) in [7, 11) is -4.00. The summed E-state index contributed by atoms with van der Waals surface area (Å²) in [6.45, 7) is 8.87. The second-order valence-electron chi connectivity index (χ2n) is 5.47. The quantitative estimate of drug-likeness (QED) is 0.772. The summed E-state index contributed by atoms with van der Waals surface area (Å²) in [6, 6.07) is -0.491. The monoisotopic (exact) mass is 279 g/mol. The average molecular weight is 279 g/mol. The van der Waals surface area contributed by atoms with E-state index < -0.39 is 28.0 Å². The van der Waals surface area contributed by atoms with Crippen LogP contribution in [-0.2, 0) is 19.2 Å². The Bertz CT molecular complexity index is 412. The number of ether oxygens (including phenoxy) is 1. The van der Waals surface area contributed by atoms with Gasteiger partial charge in [-0.25, -0.2) is 4.79 Å². The van der Waals surface area contributed by atoms with Gasteiger partial charge in [0.05, 0.1) is 12.6 Å². The lowest BCUT2D eigenvalue weighted by molar-refractivity contribution is 0.0325. The molecule has 2 unspecified atom stereocenters. The summed E-state index contributed by atoms with van der Waals surface area (Å²) in [6.07, 6.45) is -0.117. The van der Waals surface area contributed by atoms with E-state index in [1.165, 1.54) is 0 Å². The van der Waals surface area contributed by atoms with Crippen molar-refractivity contribution in [3.8, 4) is 0 Å². The topological polar surface area (TPSA) is 72.9 Å². The smallest absolute Gasteiger partial charge is 0.426 e. The van der Waals surface area contributed by atoms with E-state index in [2.05, 4.69) is 0 Å². The Morgan fingerprint density at radius 1 is 1.50 bits per heavy atom. The second-order valence-corrected chi connectivity index (χ2v) is 6.96. The first-order valence-electron chi connectivity index (χ1n) is 6.00. The molecule has 1 amide bonds. The van der Waals surface area contributed by atoms with Gasteiger partial charge in [0.15, 0.2) is 0 Å². The summed E-state index contributed by atoms with van der Waals surface area (Å²) < 4.78 is 34.0. The molecule has 0 aromatic carbocycles. The van der Waals surface area contributed by atoms with Gasteiger partial charge >= 0.3 is 16.4 Å². The highest BCUT2D eigenvalue weighted by molar-refractivity contribution is 7.85. The molecule has 0 N–H and O–H groups in total. The molecule has 1 fully saturated rings. The fraction of sp³-hybridized carbons (Fsp3) is 0.909. The van der Waals surface area contributed by atoms with Crippen LogP contribution < -0.4 is 0 Å². The summed E-state index contributed by atoms with van der Waals surface area (Å²) in [4.78, 5) is 12.0. The van der Waals surface area contributed by atoms with Crippen molar-refractivity contribution in [1.82, 2.24) is 4.31 Å². The number of hydrogen-bond donors (Lipinski definition) is 0. The number of carbonyl (C=O) groups excluding carboxylic acids is 1. The Hall–Kier alpha value is -0.820. The Balaban J connectivity index is 2.96. The molecule has 1 aliphatic rings. The van der Waals surface area contributed by atoms with Gasteiger partial charge in [0.1, 0.15) is 5.60 Å². The van der Waals surface area contributed by atoms with Crippen molar-refractivity contribution in [3.63, 3.8) is 0 Å². The second kappa shape index (κ2) is 5.05. The fourth-order valence-electron chi connectivity index (χ4n) is 1.65. The molecule has 0 saturated carbocycles. The SMILES string of the molecule is CCC(C)C1COS(=O)(=O)N1C(=O)OC(C)(C)C. The van der Waals surface area contributed by atoms with Crippen molar-refractivity contribution >= 4 is 16.4 Å². The molecule has 0 aromatic rings. The number of amides is 1. The normalized spacial score (nSPS) is 24.9. The van der Waals surface area contributed by atoms with E-state index in [0.29, 0.717) is 0 Å². The lowest BCUT2D eigenvalue weighted by Gasteiger charge is -2.28. The lowest BCUT2D eigenvalue weighted by Crippen LogP contribution is -2.45. The van der Waals surface area contributed by atoms with Gasteiger partial charge in [0.2, 0.25) is 0 Å². The Morgan fingerprint density at radius 3 is 2.50 bits per heavy atom. The first kappa shape index (κ1) is 15.2. The van der Waals surface area contributed by atoms with Crippen LogP contribution in [0.25, 0.3) is 0 Å². The van der Waals surface area contributed by atoms with Gasteiger partial charge in [-0.1, -0.05) is 20.3 Å². The molecule has 1 rings (SSSR count). The highest BCUT2D eigenvalue weighted by Crippen LogP contribution is 2.28. The van der Waals surface area contributed by atoms with Crippen LogP contribution in [0.2, 0.25) is 0 Å². The zero-order valence-corrected chi connectivity index (χ0v) is 12.3. The highest BCUT2D eigenvalue weighted by Gasteiger charge is 2.46. The van der Waals surface area contributed by atoms with Crippen molar-refractivity contribution < 1.29 is 22.1 Å². The molecule has 2 atom stereocenters. The predicted octanol–water partition coefficient (Wildman–Crippen LogP) is 1.91. The van der Waals surface area contributed by atoms with Gasteiger partial charge in [0, 0.05) is 0 Å². The fourth-order valence-corrected chi connectivity index (χ4v) is 2.89. The summed E-state index contributed by atoms with van der Waals surface area (Å²) >= 11 is 0. The van der Waals surface area contributed by atoms with Crippen molar-refractivity contribution in [2.75, 3.05) is 6.61 Å². The van der Waals surface area contributed by atoms with Crippen LogP contribution in [0.5, 0.6) is 0 Å². The third-order valence-corrected chi connectivity index (χ3v) is 4.14. The van der Waals surface area contributed by atoms with Crippen molar-refractivity contribution in [3.05, 3.63) is 0 Å². The molecule has 106 valence electrons. The molecule has 1 saturated heterocycles. The minimum atomic E-state index is -4.00. The van der Waals surface area contributed by atoms with Gasteiger partial charge in [0.25, 0.3) is 0 Å². The molecule has 0 radical (unpaired) electrons. The largest absolute Gasteiger partial charge is 0.443 e. The van der Waals surface area contributed by atoms with E-state index in [1.54, 1.807) is 20.8 Å². The molecule has 0 bridgehead atoms. The molecule has 0 aliphatic carbocycles. The standard InChI is InChI=1S/C11H21NO5S/c1-6-8(2)9-7-16-18(14,15)12(9)10(13)17-11(3,4)5/h8-9H,6-7H2,1-5H3. The maximum absolute atomic E-state index is 12.0. The summed E-state index contributed by atoms with van der Waals surface area (Å²) in [5.41, 5.74) is -0.741. The van der Waals surface area contributed by atoms with Crippen LogP contribution in [0.1, 0.15) is 41.0 Å². The molecule has 0 spiro atoms. The maximum Gasteiger partial charge on any atom is 0.426 e. The molecule has 18 heavy (non-hydrogen) atoms. The minimum Gasteiger partial charge on any atom is -0.443 e. The molecule has 1 heterocycles. The van der Waals surface area contributed by atoms with Crippen LogP contribution in [-0.4, -0.2) is 37.1 Å². The Morgan fingerprint density at radius 2 is 2.06 bits per heavy atom. The third kappa shape index (κ3) is 3.35. The molecule has 7 heteroatoms. The molecule has 1 aliphatic heterocycles. The van der Waals surface area contributed by atoms with Gasteiger partial charge in [-0.2, -0.15) is 12.7 Å². The minimum absolute atomic E-state index is 0.00339. The van der Waals surface area contributed by atoms with Crippen LogP contribution in [0.4, 0.5) is 4.79 Å². The van der Waals surface area contributed by atoms with E-state index >= 15 is 0 Å². The maximum atomic E-state index is 12.0. The van der Waals surface area contributed by atoms with Crippen molar-refractivity contribution in [1.29, 1.82) is 0 Å². The number of rotatable bonds is 2. The number of carbonyl (C=O) groups is 1. The highest BCUT2D eigenvalue weighted by atomic mass is 32.2. The Kier molecular flexibility index (Phi) is 4.27. The van der Waals surface area contributed by atoms with Crippen LogP contribution in [0.15, 0.2) is 0 Å². The van der Waals surface area contributed by atoms with Crippen molar-refractivity contribution in [2.24, 2.45) is 5.92 Å². The first-order chi connectivity index (χ1) is 8.08. The van der Waals surface area contributed by atoms with E-state index in [9.17, 15) is 13.2 Å². The van der Waals surface area contributed by atoms with E-state index in [0.717, 1.165) is 10.7 Å². The van der Waals surface area contributed by atoms with Gasteiger partial charge in [-0.3, -0.25) is 4.18 Å². The molecule has 6 nitrogen and oxygen atoms in total. The third-order valence-electron chi connectivity index (χ3n) is 2.80. The van der Waals surface area contributed by atoms with Crippen LogP contribution in [0, 0.1) is 5.92 Å². The zero-order chi connectivity index (χ0) is 14.1.